The van der Waals surface area contributed by atoms with Gasteiger partial charge in [-0.15, -0.1) is 0 Å². The Labute approximate surface area is 83.1 Å². The molecule has 1 aromatic heterocycles. The van der Waals surface area contributed by atoms with Crippen LogP contribution in [0.2, 0.25) is 0 Å². The minimum Gasteiger partial charge on any atom is -0.467 e. The topological polar surface area (TPSA) is 53.7 Å². The first-order valence-electron chi connectivity index (χ1n) is 4.54. The number of nitrogens with zero attached hydrogens (tertiary/aromatic N) is 1. The molecule has 4 nitrogen and oxygen atoms in total. The summed E-state index contributed by atoms with van der Waals surface area (Å²) in [6, 6.07) is 3.45. The first-order chi connectivity index (χ1) is 6.61. The predicted octanol–water partition coefficient (Wildman–Crippen LogP) is 1.18. The molecule has 1 atom stereocenters. The molecule has 0 radical (unpaired) electrons. The molecule has 0 saturated carbocycles. The molecule has 4 heteroatoms. The van der Waals surface area contributed by atoms with E-state index in [0.29, 0.717) is 18.7 Å². The summed E-state index contributed by atoms with van der Waals surface area (Å²) in [7, 11) is 1.71. The second kappa shape index (κ2) is 4.81. The van der Waals surface area contributed by atoms with Gasteiger partial charge in [0.1, 0.15) is 11.9 Å². The van der Waals surface area contributed by atoms with Crippen LogP contribution in [0.3, 0.4) is 0 Å². The molecule has 14 heavy (non-hydrogen) atoms. The first-order valence-corrected chi connectivity index (χ1v) is 4.54. The van der Waals surface area contributed by atoms with E-state index in [-0.39, 0.29) is 5.91 Å². The van der Waals surface area contributed by atoms with E-state index in [1.807, 2.05) is 0 Å². The van der Waals surface area contributed by atoms with Crippen molar-refractivity contribution in [3.63, 3.8) is 0 Å². The smallest absolute Gasteiger partial charge is 0.219 e. The molecule has 0 fully saturated rings. The Morgan fingerprint density at radius 3 is 2.93 bits per heavy atom. The Hall–Kier alpha value is -1.29. The van der Waals surface area contributed by atoms with Crippen LogP contribution in [0.5, 0.6) is 0 Å². The molecule has 1 heterocycles. The zero-order valence-electron chi connectivity index (χ0n) is 8.43. The van der Waals surface area contributed by atoms with Gasteiger partial charge in [-0.3, -0.25) is 4.79 Å². The number of carbonyl (C=O) groups excluding carboxylic acids is 1. The lowest BCUT2D eigenvalue weighted by Crippen LogP contribution is -2.25. The zero-order chi connectivity index (χ0) is 10.6. The van der Waals surface area contributed by atoms with Crippen molar-refractivity contribution in [1.82, 2.24) is 4.90 Å². The number of rotatable bonds is 4. The van der Waals surface area contributed by atoms with Gasteiger partial charge in [-0.2, -0.15) is 0 Å². The van der Waals surface area contributed by atoms with Crippen molar-refractivity contribution in [2.45, 2.75) is 19.4 Å². The standard InChI is InChI=1S/C10H15NO3/c1-8(12)11(2)6-5-9(13)10-4-3-7-14-10/h3-4,7,9,13H,5-6H2,1-2H3/t9-/m1/s1. The van der Waals surface area contributed by atoms with Gasteiger partial charge in [0, 0.05) is 20.5 Å². The Morgan fingerprint density at radius 2 is 2.43 bits per heavy atom. The summed E-state index contributed by atoms with van der Waals surface area (Å²) >= 11 is 0. The molecular formula is C10H15NO3. The third kappa shape index (κ3) is 2.88. The number of hydrogen-bond donors (Lipinski definition) is 1. The van der Waals surface area contributed by atoms with Crippen LogP contribution in [0.1, 0.15) is 25.2 Å². The fraction of sp³-hybridized carbons (Fsp3) is 0.500. The van der Waals surface area contributed by atoms with Crippen LogP contribution in [0.15, 0.2) is 22.8 Å². The van der Waals surface area contributed by atoms with Crippen molar-refractivity contribution in [3.8, 4) is 0 Å². The van der Waals surface area contributed by atoms with E-state index >= 15 is 0 Å². The van der Waals surface area contributed by atoms with E-state index in [9.17, 15) is 9.90 Å². The lowest BCUT2D eigenvalue weighted by molar-refractivity contribution is -0.127. The summed E-state index contributed by atoms with van der Waals surface area (Å²) in [6.45, 7) is 2.02. The van der Waals surface area contributed by atoms with Crippen molar-refractivity contribution in [2.24, 2.45) is 0 Å². The maximum atomic E-state index is 10.9. The van der Waals surface area contributed by atoms with E-state index in [1.165, 1.54) is 13.2 Å². The maximum Gasteiger partial charge on any atom is 0.219 e. The summed E-state index contributed by atoms with van der Waals surface area (Å²) < 4.78 is 5.03. The van der Waals surface area contributed by atoms with Crippen LogP contribution in [0.25, 0.3) is 0 Å². The number of aliphatic hydroxyl groups is 1. The van der Waals surface area contributed by atoms with Crippen LogP contribution >= 0.6 is 0 Å². The highest BCUT2D eigenvalue weighted by molar-refractivity contribution is 5.72. The molecule has 1 rings (SSSR count). The molecule has 0 aliphatic heterocycles. The molecule has 0 aromatic carbocycles. The molecule has 0 bridgehead atoms. The number of amides is 1. The zero-order valence-corrected chi connectivity index (χ0v) is 8.43. The van der Waals surface area contributed by atoms with Crippen molar-refractivity contribution < 1.29 is 14.3 Å². The molecule has 78 valence electrons. The normalized spacial score (nSPS) is 12.5. The first kappa shape index (κ1) is 10.8. The highest BCUT2D eigenvalue weighted by Crippen LogP contribution is 2.16. The minimum atomic E-state index is -0.633. The van der Waals surface area contributed by atoms with Gasteiger partial charge in [0.25, 0.3) is 0 Å². The highest BCUT2D eigenvalue weighted by Gasteiger charge is 2.11. The van der Waals surface area contributed by atoms with Gasteiger partial charge in [0.15, 0.2) is 0 Å². The summed E-state index contributed by atoms with van der Waals surface area (Å²) in [5.41, 5.74) is 0. The Balaban J connectivity index is 2.35. The van der Waals surface area contributed by atoms with E-state index in [0.717, 1.165) is 0 Å². The molecule has 0 spiro atoms. The SMILES string of the molecule is CC(=O)N(C)CC[C@@H](O)c1ccco1. The Kier molecular flexibility index (Phi) is 3.71. The molecule has 1 N–H and O–H groups in total. The summed E-state index contributed by atoms with van der Waals surface area (Å²) in [5, 5.41) is 9.61. The van der Waals surface area contributed by atoms with Crippen molar-refractivity contribution in [1.29, 1.82) is 0 Å². The molecule has 0 unspecified atom stereocenters. The van der Waals surface area contributed by atoms with Crippen molar-refractivity contribution in [3.05, 3.63) is 24.2 Å². The third-order valence-corrected chi connectivity index (χ3v) is 2.15. The van der Waals surface area contributed by atoms with Crippen molar-refractivity contribution >= 4 is 5.91 Å². The van der Waals surface area contributed by atoms with Gasteiger partial charge in [0.2, 0.25) is 5.91 Å². The maximum absolute atomic E-state index is 10.9. The van der Waals surface area contributed by atoms with E-state index < -0.39 is 6.10 Å². The van der Waals surface area contributed by atoms with Crippen LogP contribution in [0, 0.1) is 0 Å². The third-order valence-electron chi connectivity index (χ3n) is 2.15. The quantitative estimate of drug-likeness (QED) is 0.788. The lowest BCUT2D eigenvalue weighted by atomic mass is 10.2. The number of furan rings is 1. The van der Waals surface area contributed by atoms with Crippen LogP contribution in [-0.2, 0) is 4.79 Å². The van der Waals surface area contributed by atoms with E-state index in [4.69, 9.17) is 4.42 Å². The van der Waals surface area contributed by atoms with Gasteiger partial charge < -0.3 is 14.4 Å². The Bertz CT molecular complexity index is 282. The average Bonchev–Trinajstić information content (AvgIpc) is 2.66. The fourth-order valence-corrected chi connectivity index (χ4v) is 1.10. The molecular weight excluding hydrogens is 182 g/mol. The van der Waals surface area contributed by atoms with Gasteiger partial charge >= 0.3 is 0 Å². The van der Waals surface area contributed by atoms with Gasteiger partial charge in [-0.25, -0.2) is 0 Å². The Morgan fingerprint density at radius 1 is 1.71 bits per heavy atom. The second-order valence-electron chi connectivity index (χ2n) is 3.26. The van der Waals surface area contributed by atoms with Crippen molar-refractivity contribution in [2.75, 3.05) is 13.6 Å². The summed E-state index contributed by atoms with van der Waals surface area (Å²) in [4.78, 5) is 12.4. The van der Waals surface area contributed by atoms with E-state index in [1.54, 1.807) is 24.1 Å². The molecule has 1 amide bonds. The largest absolute Gasteiger partial charge is 0.467 e. The van der Waals surface area contributed by atoms with Crippen LogP contribution in [-0.4, -0.2) is 29.5 Å². The van der Waals surface area contributed by atoms with Gasteiger partial charge in [-0.05, 0) is 18.6 Å². The minimum absolute atomic E-state index is 0.00311. The van der Waals surface area contributed by atoms with Gasteiger partial charge in [-0.1, -0.05) is 0 Å². The summed E-state index contributed by atoms with van der Waals surface area (Å²) in [5.74, 6) is 0.540. The molecule has 1 aromatic rings. The van der Waals surface area contributed by atoms with Crippen LogP contribution < -0.4 is 0 Å². The summed E-state index contributed by atoms with van der Waals surface area (Å²) in [6.07, 6.45) is 1.38. The number of aliphatic hydroxyl groups excluding tert-OH is 1. The number of carbonyl (C=O) groups is 1. The van der Waals surface area contributed by atoms with E-state index in [2.05, 4.69) is 0 Å². The second-order valence-corrected chi connectivity index (χ2v) is 3.26. The lowest BCUT2D eigenvalue weighted by Gasteiger charge is -2.16. The molecule has 0 aliphatic carbocycles. The monoisotopic (exact) mass is 197 g/mol. The predicted molar refractivity (Wildman–Crippen MR) is 51.6 cm³/mol. The number of hydrogen-bond acceptors (Lipinski definition) is 3. The van der Waals surface area contributed by atoms with Crippen LogP contribution in [0.4, 0.5) is 0 Å². The average molecular weight is 197 g/mol. The fourth-order valence-electron chi connectivity index (χ4n) is 1.10. The molecule has 0 saturated heterocycles. The molecule has 0 aliphatic rings. The van der Waals surface area contributed by atoms with Gasteiger partial charge in [0.05, 0.1) is 6.26 Å². The highest BCUT2D eigenvalue weighted by atomic mass is 16.4.